The maximum Gasteiger partial charge on any atom is 0.272 e. The van der Waals surface area contributed by atoms with Crippen molar-refractivity contribution in [3.63, 3.8) is 0 Å². The van der Waals surface area contributed by atoms with E-state index in [1.54, 1.807) is 6.20 Å². The van der Waals surface area contributed by atoms with Gasteiger partial charge in [0.1, 0.15) is 6.04 Å². The van der Waals surface area contributed by atoms with Crippen molar-refractivity contribution >= 4 is 32.4 Å². The van der Waals surface area contributed by atoms with Crippen molar-refractivity contribution < 1.29 is 35.2 Å². The molecule has 0 unspecified atom stereocenters. The van der Waals surface area contributed by atoms with E-state index < -0.39 is 68.1 Å². The second-order valence-corrected chi connectivity index (χ2v) is 12.8. The first kappa shape index (κ1) is 30.7. The summed E-state index contributed by atoms with van der Waals surface area (Å²) < 4.78 is 97.4. The first-order chi connectivity index (χ1) is 21.5. The number of benzene rings is 2. The monoisotopic (exact) mass is 648 g/mol. The molecule has 3 heterocycles. The van der Waals surface area contributed by atoms with Crippen molar-refractivity contribution in [3.8, 4) is 0 Å². The van der Waals surface area contributed by atoms with Gasteiger partial charge in [-0.05, 0) is 37.5 Å². The molecule has 236 valence electrons. The summed E-state index contributed by atoms with van der Waals surface area (Å²) in [6, 6.07) is 2.81. The van der Waals surface area contributed by atoms with Gasteiger partial charge < -0.3 is 4.90 Å². The molecule has 1 aliphatic carbocycles. The van der Waals surface area contributed by atoms with Crippen LogP contribution in [0.25, 0.3) is 10.8 Å². The summed E-state index contributed by atoms with van der Waals surface area (Å²) in [5, 5.41) is 6.68. The van der Waals surface area contributed by atoms with Gasteiger partial charge in [-0.15, -0.1) is 0 Å². The number of aromatic amines is 1. The molecule has 0 spiro atoms. The molecule has 2 aliphatic rings. The van der Waals surface area contributed by atoms with Gasteiger partial charge in [0.25, 0.3) is 5.56 Å². The second kappa shape index (κ2) is 11.9. The van der Waals surface area contributed by atoms with Gasteiger partial charge in [-0.25, -0.2) is 35.5 Å². The van der Waals surface area contributed by atoms with Crippen molar-refractivity contribution in [1.29, 1.82) is 0 Å². The van der Waals surface area contributed by atoms with Crippen LogP contribution in [0.15, 0.2) is 46.5 Å². The fourth-order valence-corrected chi connectivity index (χ4v) is 7.52. The van der Waals surface area contributed by atoms with E-state index in [1.165, 1.54) is 30.6 Å². The molecule has 1 saturated heterocycles. The number of carbonyl (C=O) groups excluding carboxylic acids is 1. The minimum absolute atomic E-state index is 0.106. The van der Waals surface area contributed by atoms with Gasteiger partial charge >= 0.3 is 0 Å². The number of anilines is 1. The number of rotatable bonds is 7. The van der Waals surface area contributed by atoms with E-state index in [1.807, 2.05) is 0 Å². The lowest BCUT2D eigenvalue weighted by atomic mass is 9.87. The van der Waals surface area contributed by atoms with Crippen LogP contribution in [0.2, 0.25) is 0 Å². The van der Waals surface area contributed by atoms with Crippen molar-refractivity contribution in [2.75, 3.05) is 11.4 Å². The number of sulfonamides is 1. The van der Waals surface area contributed by atoms with Crippen LogP contribution in [-0.2, 0) is 21.4 Å². The summed E-state index contributed by atoms with van der Waals surface area (Å²) >= 11 is 0. The molecule has 1 atom stereocenters. The predicted octanol–water partition coefficient (Wildman–Crippen LogP) is 4.45. The zero-order valence-electron chi connectivity index (χ0n) is 23.4. The summed E-state index contributed by atoms with van der Waals surface area (Å²) in [6.07, 6.45) is 9.67. The average molecular weight is 649 g/mol. The molecule has 2 aromatic heterocycles. The predicted molar refractivity (Wildman–Crippen MR) is 150 cm³/mol. The van der Waals surface area contributed by atoms with Crippen LogP contribution < -0.4 is 10.5 Å². The van der Waals surface area contributed by atoms with Gasteiger partial charge in [-0.3, -0.25) is 19.6 Å². The average Bonchev–Trinajstić information content (AvgIpc) is 3.01. The highest BCUT2D eigenvalue weighted by Gasteiger charge is 2.48. The Bertz CT molecular complexity index is 1940. The van der Waals surface area contributed by atoms with Gasteiger partial charge in [0.15, 0.2) is 28.2 Å². The molecule has 0 bridgehead atoms. The second-order valence-electron chi connectivity index (χ2n) is 11.0. The molecule has 45 heavy (non-hydrogen) atoms. The Morgan fingerprint density at radius 3 is 2.22 bits per heavy atom. The molecule has 10 nitrogen and oxygen atoms in total. The quantitative estimate of drug-likeness (QED) is 0.178. The minimum atomic E-state index is -5.36. The molecule has 1 N–H and O–H groups in total. The Labute approximate surface area is 253 Å². The third kappa shape index (κ3) is 5.45. The zero-order valence-corrected chi connectivity index (χ0v) is 24.3. The third-order valence-corrected chi connectivity index (χ3v) is 10.2. The molecule has 2 fully saturated rings. The van der Waals surface area contributed by atoms with Gasteiger partial charge in [-0.1, -0.05) is 19.3 Å². The van der Waals surface area contributed by atoms with E-state index in [0.717, 1.165) is 42.7 Å². The van der Waals surface area contributed by atoms with Gasteiger partial charge in [0.05, 0.1) is 35.7 Å². The van der Waals surface area contributed by atoms with Crippen molar-refractivity contribution in [2.45, 2.75) is 61.9 Å². The maximum atomic E-state index is 14.5. The van der Waals surface area contributed by atoms with Gasteiger partial charge in [0.2, 0.25) is 21.7 Å². The number of fused-ring (bicyclic) bond motifs is 1. The zero-order chi connectivity index (χ0) is 32.0. The van der Waals surface area contributed by atoms with Crippen LogP contribution in [0.3, 0.4) is 0 Å². The molecule has 1 aliphatic heterocycles. The molecule has 4 aromatic rings. The van der Waals surface area contributed by atoms with Crippen LogP contribution in [0.4, 0.5) is 27.6 Å². The molecule has 0 radical (unpaired) electrons. The van der Waals surface area contributed by atoms with Crippen molar-refractivity contribution in [3.05, 3.63) is 87.6 Å². The number of hydrogen-bond donors (Lipinski definition) is 1. The number of nitrogens with zero attached hydrogens (tertiary/aromatic N) is 5. The first-order valence-corrected chi connectivity index (χ1v) is 15.6. The Morgan fingerprint density at radius 2 is 1.60 bits per heavy atom. The third-order valence-electron chi connectivity index (χ3n) is 8.29. The topological polar surface area (TPSA) is 129 Å². The highest BCUT2D eigenvalue weighted by Crippen LogP contribution is 2.35. The highest BCUT2D eigenvalue weighted by molar-refractivity contribution is 7.89. The standard InChI is InChI=1S/C29H25F5N6O4S/c30-22-23(31)25(33)27(26(34)24(22)32)45(43,44)40-9-8-21(40)29(42)39(18-6-7-19-16(10-18)11-37-38-28(19)41)14-17-12-36-20(13-35-17)15-4-2-1-3-5-15/h6-7,10-13,15,21H,1-5,8-9,14H2,(H,38,41)/t21-/m1/s1. The Hall–Kier alpha value is -4.31. The number of aromatic nitrogens is 4. The lowest BCUT2D eigenvalue weighted by Gasteiger charge is -2.41. The van der Waals surface area contributed by atoms with E-state index in [4.69, 9.17) is 0 Å². The molecular formula is C29H25F5N6O4S. The van der Waals surface area contributed by atoms with Crippen LogP contribution in [0.1, 0.15) is 55.8 Å². The van der Waals surface area contributed by atoms with E-state index in [0.29, 0.717) is 15.4 Å². The van der Waals surface area contributed by atoms with E-state index >= 15 is 0 Å². The lowest BCUT2D eigenvalue weighted by molar-refractivity contribution is -0.125. The van der Waals surface area contributed by atoms with Crippen molar-refractivity contribution in [2.24, 2.45) is 0 Å². The Kier molecular flexibility index (Phi) is 8.11. The number of hydrogen-bond acceptors (Lipinski definition) is 7. The van der Waals surface area contributed by atoms with Crippen molar-refractivity contribution in [1.82, 2.24) is 24.5 Å². The van der Waals surface area contributed by atoms with E-state index in [9.17, 15) is 40.0 Å². The van der Waals surface area contributed by atoms with Crippen LogP contribution >= 0.6 is 0 Å². The minimum Gasteiger partial charge on any atom is -0.305 e. The van der Waals surface area contributed by atoms with Crippen LogP contribution in [0.5, 0.6) is 0 Å². The Balaban J connectivity index is 1.35. The molecule has 1 saturated carbocycles. The molecular weight excluding hydrogens is 623 g/mol. The number of amides is 1. The number of nitrogens with one attached hydrogen (secondary N) is 1. The molecule has 6 rings (SSSR count). The lowest BCUT2D eigenvalue weighted by Crippen LogP contribution is -2.59. The number of halogens is 5. The summed E-state index contributed by atoms with van der Waals surface area (Å²) in [5.41, 5.74) is 0.866. The smallest absolute Gasteiger partial charge is 0.272 e. The fraction of sp³-hybridized carbons (Fsp3) is 0.345. The SMILES string of the molecule is O=C([C@H]1CCN1S(=O)(=O)c1c(F)c(F)c(F)c(F)c1F)N(Cc1cnc(C2CCCCC2)cn1)c1ccc2c(=O)[nH]ncc2c1. The van der Waals surface area contributed by atoms with E-state index in [2.05, 4.69) is 20.2 Å². The van der Waals surface area contributed by atoms with E-state index in [-0.39, 0.29) is 30.0 Å². The van der Waals surface area contributed by atoms with Crippen LogP contribution in [0, 0.1) is 29.1 Å². The summed E-state index contributed by atoms with van der Waals surface area (Å²) in [4.78, 5) is 34.3. The number of carbonyl (C=O) groups is 1. The highest BCUT2D eigenvalue weighted by atomic mass is 32.2. The maximum absolute atomic E-state index is 14.5. The summed E-state index contributed by atoms with van der Waals surface area (Å²) in [7, 11) is -5.36. The van der Waals surface area contributed by atoms with Crippen LogP contribution in [-0.4, -0.2) is 51.4 Å². The Morgan fingerprint density at radius 1 is 0.911 bits per heavy atom. The van der Waals surface area contributed by atoms with Gasteiger partial charge in [0, 0.05) is 29.7 Å². The molecule has 1 amide bonds. The summed E-state index contributed by atoms with van der Waals surface area (Å²) in [5.74, 6) is -13.0. The van der Waals surface area contributed by atoms with Gasteiger partial charge in [-0.2, -0.15) is 9.40 Å². The summed E-state index contributed by atoms with van der Waals surface area (Å²) in [6.45, 7) is -0.634. The fourth-order valence-electron chi connectivity index (χ4n) is 5.77. The normalized spacial score (nSPS) is 17.8. The molecule has 16 heteroatoms. The first-order valence-electron chi connectivity index (χ1n) is 14.1. The number of H-pyrrole nitrogens is 1. The molecule has 2 aromatic carbocycles. The largest absolute Gasteiger partial charge is 0.305 e.